The Morgan fingerprint density at radius 3 is 3.07 bits per heavy atom. The van der Waals surface area contributed by atoms with E-state index in [1.165, 1.54) is 0 Å². The Kier molecular flexibility index (Phi) is 1.72. The number of H-pyrrole nitrogens is 1. The predicted octanol–water partition coefficient (Wildman–Crippen LogP) is 1.80. The van der Waals surface area contributed by atoms with Crippen molar-refractivity contribution in [1.29, 1.82) is 0 Å². The van der Waals surface area contributed by atoms with Crippen molar-refractivity contribution < 1.29 is 0 Å². The van der Waals surface area contributed by atoms with E-state index < -0.39 is 0 Å². The fourth-order valence-electron chi connectivity index (χ4n) is 1.52. The highest BCUT2D eigenvalue weighted by atomic mass is 35.5. The van der Waals surface area contributed by atoms with Gasteiger partial charge in [-0.2, -0.15) is 5.10 Å². The van der Waals surface area contributed by atoms with Gasteiger partial charge in [0.15, 0.2) is 0 Å². The van der Waals surface area contributed by atoms with Crippen molar-refractivity contribution in [2.45, 2.75) is 0 Å². The standard InChI is InChI=1S/C9H6ClN5/c10-7-1-2-8(15-4-3-11-14-15)6-5-12-13-9(6)7/h1-5H,(H,12,13). The second kappa shape index (κ2) is 3.06. The van der Waals surface area contributed by atoms with Crippen molar-refractivity contribution in [3.63, 3.8) is 0 Å². The Morgan fingerprint density at radius 2 is 2.27 bits per heavy atom. The molecule has 5 nitrogen and oxygen atoms in total. The maximum Gasteiger partial charge on any atom is 0.0858 e. The molecule has 0 spiro atoms. The average molecular weight is 220 g/mol. The number of nitrogens with one attached hydrogen (secondary N) is 1. The Balaban J connectivity index is 2.37. The number of halogens is 1. The third-order valence-corrected chi connectivity index (χ3v) is 2.53. The first kappa shape index (κ1) is 8.43. The molecule has 1 N–H and O–H groups in total. The van der Waals surface area contributed by atoms with Crippen molar-refractivity contribution in [2.75, 3.05) is 0 Å². The molecule has 2 aromatic heterocycles. The number of benzene rings is 1. The Hall–Kier alpha value is -1.88. The summed E-state index contributed by atoms with van der Waals surface area (Å²) in [6, 6.07) is 3.69. The van der Waals surface area contributed by atoms with Gasteiger partial charge >= 0.3 is 0 Å². The molecule has 3 rings (SSSR count). The summed E-state index contributed by atoms with van der Waals surface area (Å²) < 4.78 is 1.67. The van der Waals surface area contributed by atoms with Crippen LogP contribution in [0, 0.1) is 0 Å². The normalized spacial score (nSPS) is 11.0. The summed E-state index contributed by atoms with van der Waals surface area (Å²) in [6.07, 6.45) is 5.12. The molecule has 0 atom stereocenters. The molecule has 0 aliphatic rings. The summed E-state index contributed by atoms with van der Waals surface area (Å²) in [5, 5.41) is 16.1. The molecule has 1 aromatic carbocycles. The largest absolute Gasteiger partial charge is 0.276 e. The number of fused-ring (bicyclic) bond motifs is 1. The third kappa shape index (κ3) is 1.20. The van der Waals surface area contributed by atoms with Gasteiger partial charge in [0, 0.05) is 5.39 Å². The van der Waals surface area contributed by atoms with Crippen LogP contribution in [0.25, 0.3) is 16.6 Å². The molecule has 0 radical (unpaired) electrons. The quantitative estimate of drug-likeness (QED) is 0.679. The Labute approximate surface area is 89.7 Å². The lowest BCUT2D eigenvalue weighted by Gasteiger charge is -2.02. The molecule has 2 heterocycles. The summed E-state index contributed by atoms with van der Waals surface area (Å²) in [5.74, 6) is 0. The highest BCUT2D eigenvalue weighted by Crippen LogP contribution is 2.26. The van der Waals surface area contributed by atoms with E-state index in [0.717, 1.165) is 16.6 Å². The lowest BCUT2D eigenvalue weighted by atomic mass is 10.2. The molecule has 0 fully saturated rings. The molecule has 0 unspecified atom stereocenters. The van der Waals surface area contributed by atoms with Crippen molar-refractivity contribution in [1.82, 2.24) is 25.2 Å². The average Bonchev–Trinajstić information content (AvgIpc) is 2.88. The summed E-state index contributed by atoms with van der Waals surface area (Å²) in [6.45, 7) is 0. The van der Waals surface area contributed by atoms with E-state index in [1.807, 2.05) is 6.07 Å². The van der Waals surface area contributed by atoms with E-state index in [9.17, 15) is 0 Å². The van der Waals surface area contributed by atoms with Gasteiger partial charge in [-0.3, -0.25) is 5.10 Å². The van der Waals surface area contributed by atoms with Gasteiger partial charge in [-0.1, -0.05) is 16.8 Å². The second-order valence-corrected chi connectivity index (χ2v) is 3.48. The minimum absolute atomic E-state index is 0.645. The molecule has 0 saturated carbocycles. The fraction of sp³-hybridized carbons (Fsp3) is 0. The minimum atomic E-state index is 0.645. The predicted molar refractivity (Wildman–Crippen MR) is 56.0 cm³/mol. The summed E-state index contributed by atoms with van der Waals surface area (Å²) in [7, 11) is 0. The number of hydrogen-bond donors (Lipinski definition) is 1. The molecular formula is C9H6ClN5. The number of nitrogens with zero attached hydrogens (tertiary/aromatic N) is 4. The van der Waals surface area contributed by atoms with Crippen LogP contribution in [-0.4, -0.2) is 25.2 Å². The molecule has 0 saturated heterocycles. The van der Waals surface area contributed by atoms with Crippen molar-refractivity contribution in [3.8, 4) is 5.69 Å². The van der Waals surface area contributed by atoms with Gasteiger partial charge in [0.1, 0.15) is 0 Å². The van der Waals surface area contributed by atoms with Crippen LogP contribution in [-0.2, 0) is 0 Å². The van der Waals surface area contributed by atoms with Gasteiger partial charge in [-0.15, -0.1) is 5.10 Å². The van der Waals surface area contributed by atoms with E-state index in [4.69, 9.17) is 11.6 Å². The Morgan fingerprint density at radius 1 is 1.33 bits per heavy atom. The lowest BCUT2D eigenvalue weighted by molar-refractivity contribution is 0.808. The topological polar surface area (TPSA) is 59.4 Å². The third-order valence-electron chi connectivity index (χ3n) is 2.21. The molecular weight excluding hydrogens is 214 g/mol. The first-order valence-electron chi connectivity index (χ1n) is 4.34. The zero-order valence-corrected chi connectivity index (χ0v) is 8.31. The number of aromatic nitrogens is 5. The highest BCUT2D eigenvalue weighted by molar-refractivity contribution is 6.35. The van der Waals surface area contributed by atoms with Gasteiger partial charge in [-0.25, -0.2) is 4.68 Å². The molecule has 0 aliphatic carbocycles. The zero-order valence-electron chi connectivity index (χ0n) is 7.55. The molecule has 15 heavy (non-hydrogen) atoms. The zero-order chi connectivity index (χ0) is 10.3. The van der Waals surface area contributed by atoms with Crippen molar-refractivity contribution in [3.05, 3.63) is 35.7 Å². The smallest absolute Gasteiger partial charge is 0.0858 e. The maximum absolute atomic E-state index is 6.02. The van der Waals surface area contributed by atoms with Crippen LogP contribution in [0.3, 0.4) is 0 Å². The highest BCUT2D eigenvalue weighted by Gasteiger charge is 2.08. The van der Waals surface area contributed by atoms with Crippen LogP contribution in [0.5, 0.6) is 0 Å². The SMILES string of the molecule is Clc1ccc(-n2ccnn2)c2cn[nH]c12. The molecule has 0 aliphatic heterocycles. The van der Waals surface area contributed by atoms with E-state index >= 15 is 0 Å². The lowest BCUT2D eigenvalue weighted by Crippen LogP contribution is -1.95. The van der Waals surface area contributed by atoms with Crippen LogP contribution in [0.1, 0.15) is 0 Å². The van der Waals surface area contributed by atoms with E-state index in [0.29, 0.717) is 5.02 Å². The van der Waals surface area contributed by atoms with E-state index in [1.54, 1.807) is 29.3 Å². The van der Waals surface area contributed by atoms with Gasteiger partial charge in [0.25, 0.3) is 0 Å². The first-order chi connectivity index (χ1) is 7.36. The van der Waals surface area contributed by atoms with Gasteiger partial charge in [-0.05, 0) is 12.1 Å². The van der Waals surface area contributed by atoms with E-state index in [-0.39, 0.29) is 0 Å². The number of hydrogen-bond acceptors (Lipinski definition) is 3. The van der Waals surface area contributed by atoms with Crippen LogP contribution < -0.4 is 0 Å². The maximum atomic E-state index is 6.02. The van der Waals surface area contributed by atoms with Crippen LogP contribution >= 0.6 is 11.6 Å². The second-order valence-electron chi connectivity index (χ2n) is 3.07. The van der Waals surface area contributed by atoms with Gasteiger partial charge in [0.2, 0.25) is 0 Å². The van der Waals surface area contributed by atoms with Crippen LogP contribution in [0.4, 0.5) is 0 Å². The Bertz CT molecular complexity index is 598. The summed E-state index contributed by atoms with van der Waals surface area (Å²) >= 11 is 6.02. The first-order valence-corrected chi connectivity index (χ1v) is 4.72. The summed E-state index contributed by atoms with van der Waals surface area (Å²) in [5.41, 5.74) is 1.71. The van der Waals surface area contributed by atoms with E-state index in [2.05, 4.69) is 20.5 Å². The molecule has 3 aromatic rings. The fourth-order valence-corrected chi connectivity index (χ4v) is 1.73. The molecule has 0 amide bonds. The number of aromatic amines is 1. The van der Waals surface area contributed by atoms with Crippen LogP contribution in [0.15, 0.2) is 30.7 Å². The minimum Gasteiger partial charge on any atom is -0.276 e. The van der Waals surface area contributed by atoms with Gasteiger partial charge < -0.3 is 0 Å². The van der Waals surface area contributed by atoms with Gasteiger partial charge in [0.05, 0.1) is 34.8 Å². The molecule has 6 heteroatoms. The van der Waals surface area contributed by atoms with Crippen molar-refractivity contribution >= 4 is 22.5 Å². The molecule has 74 valence electrons. The molecule has 0 bridgehead atoms. The van der Waals surface area contributed by atoms with Crippen molar-refractivity contribution in [2.24, 2.45) is 0 Å². The van der Waals surface area contributed by atoms with Crippen LogP contribution in [0.2, 0.25) is 5.02 Å². The monoisotopic (exact) mass is 219 g/mol. The number of rotatable bonds is 1. The summed E-state index contributed by atoms with van der Waals surface area (Å²) in [4.78, 5) is 0.